The Morgan fingerprint density at radius 1 is 1.16 bits per heavy atom. The molecule has 0 saturated heterocycles. The van der Waals surface area contributed by atoms with E-state index in [9.17, 15) is 31.1 Å². The van der Waals surface area contributed by atoms with Gasteiger partial charge in [-0.1, -0.05) is 6.07 Å². The lowest BCUT2D eigenvalue weighted by atomic mass is 10.0. The highest BCUT2D eigenvalue weighted by Crippen LogP contribution is 2.32. The van der Waals surface area contributed by atoms with E-state index < -0.39 is 35.9 Å². The molecule has 1 amide bonds. The third-order valence-corrected chi connectivity index (χ3v) is 2.25. The molecule has 8 heteroatoms. The van der Waals surface area contributed by atoms with Gasteiger partial charge in [-0.15, -0.1) is 0 Å². The predicted molar refractivity (Wildman–Crippen MR) is 54.6 cm³/mol. The highest BCUT2D eigenvalue weighted by Gasteiger charge is 2.33. The zero-order valence-corrected chi connectivity index (χ0v) is 9.62. The SMILES string of the molecule is Cc1ccc(C(=O)NCC(F)(F)F)cc1C(F)(F)F. The van der Waals surface area contributed by atoms with Gasteiger partial charge < -0.3 is 5.32 Å². The average Bonchev–Trinajstić information content (AvgIpc) is 2.24. The van der Waals surface area contributed by atoms with Gasteiger partial charge in [0, 0.05) is 5.56 Å². The van der Waals surface area contributed by atoms with E-state index >= 15 is 0 Å². The van der Waals surface area contributed by atoms with Crippen molar-refractivity contribution in [1.82, 2.24) is 5.32 Å². The lowest BCUT2D eigenvalue weighted by Gasteiger charge is -2.12. The van der Waals surface area contributed by atoms with Crippen molar-refractivity contribution in [3.05, 3.63) is 34.9 Å². The van der Waals surface area contributed by atoms with E-state index in [1.165, 1.54) is 12.2 Å². The van der Waals surface area contributed by atoms with Crippen molar-refractivity contribution in [2.24, 2.45) is 0 Å². The van der Waals surface area contributed by atoms with Gasteiger partial charge in [0.1, 0.15) is 6.54 Å². The molecule has 0 atom stereocenters. The minimum Gasteiger partial charge on any atom is -0.343 e. The van der Waals surface area contributed by atoms with E-state index in [1.54, 1.807) is 0 Å². The summed E-state index contributed by atoms with van der Waals surface area (Å²) in [6, 6.07) is 2.60. The number of amides is 1. The number of carbonyl (C=O) groups is 1. The van der Waals surface area contributed by atoms with Crippen LogP contribution in [0, 0.1) is 6.92 Å². The first-order valence-electron chi connectivity index (χ1n) is 5.03. The molecule has 0 heterocycles. The molecule has 2 nitrogen and oxygen atoms in total. The van der Waals surface area contributed by atoms with Crippen molar-refractivity contribution in [2.75, 3.05) is 6.54 Å². The van der Waals surface area contributed by atoms with Gasteiger partial charge in [-0.25, -0.2) is 0 Å². The number of hydrogen-bond donors (Lipinski definition) is 1. The van der Waals surface area contributed by atoms with Gasteiger partial charge in [0.15, 0.2) is 0 Å². The fourth-order valence-corrected chi connectivity index (χ4v) is 1.35. The molecule has 1 N–H and O–H groups in total. The van der Waals surface area contributed by atoms with Crippen LogP contribution in [0.5, 0.6) is 0 Å². The molecule has 0 saturated carbocycles. The topological polar surface area (TPSA) is 29.1 Å². The molecule has 19 heavy (non-hydrogen) atoms. The number of aryl methyl sites for hydroxylation is 1. The van der Waals surface area contributed by atoms with Crippen LogP contribution in [0.15, 0.2) is 18.2 Å². The summed E-state index contributed by atoms with van der Waals surface area (Å²) in [4.78, 5) is 11.3. The smallest absolute Gasteiger partial charge is 0.343 e. The number of benzene rings is 1. The first-order valence-corrected chi connectivity index (χ1v) is 5.03. The van der Waals surface area contributed by atoms with E-state index in [0.717, 1.165) is 12.1 Å². The standard InChI is InChI=1S/C11H9F6NO/c1-6-2-3-7(4-8(6)11(15,16)17)9(19)18-5-10(12,13)14/h2-4H,5H2,1H3,(H,18,19). The maximum Gasteiger partial charge on any atom is 0.416 e. The summed E-state index contributed by atoms with van der Waals surface area (Å²) < 4.78 is 73.3. The second-order valence-corrected chi connectivity index (χ2v) is 3.83. The van der Waals surface area contributed by atoms with Crippen LogP contribution in [0.2, 0.25) is 0 Å². The summed E-state index contributed by atoms with van der Waals surface area (Å²) in [5, 5.41) is 1.51. The second kappa shape index (κ2) is 5.10. The van der Waals surface area contributed by atoms with Crippen LogP contribution in [0.3, 0.4) is 0 Å². The van der Waals surface area contributed by atoms with Crippen molar-refractivity contribution >= 4 is 5.91 Å². The third kappa shape index (κ3) is 4.46. The number of carbonyl (C=O) groups excluding carboxylic acids is 1. The van der Waals surface area contributed by atoms with Crippen molar-refractivity contribution in [2.45, 2.75) is 19.3 Å². The molecule has 1 rings (SSSR count). The van der Waals surface area contributed by atoms with Gasteiger partial charge in [0.2, 0.25) is 0 Å². The number of rotatable bonds is 2. The Kier molecular flexibility index (Phi) is 4.12. The van der Waals surface area contributed by atoms with Gasteiger partial charge in [-0.3, -0.25) is 4.79 Å². The third-order valence-electron chi connectivity index (χ3n) is 2.25. The lowest BCUT2D eigenvalue weighted by Crippen LogP contribution is -2.33. The Bertz CT molecular complexity index is 477. The summed E-state index contributed by atoms with van der Waals surface area (Å²) >= 11 is 0. The maximum absolute atomic E-state index is 12.6. The van der Waals surface area contributed by atoms with E-state index in [1.807, 2.05) is 0 Å². The maximum atomic E-state index is 12.6. The quantitative estimate of drug-likeness (QED) is 0.830. The Hall–Kier alpha value is -1.73. The molecule has 0 spiro atoms. The van der Waals surface area contributed by atoms with Crippen LogP contribution < -0.4 is 5.32 Å². The van der Waals surface area contributed by atoms with E-state index in [0.29, 0.717) is 6.07 Å². The van der Waals surface area contributed by atoms with Gasteiger partial charge >= 0.3 is 12.4 Å². The number of alkyl halides is 6. The van der Waals surface area contributed by atoms with E-state index in [-0.39, 0.29) is 5.56 Å². The van der Waals surface area contributed by atoms with Crippen molar-refractivity contribution in [1.29, 1.82) is 0 Å². The number of halogens is 6. The molecule has 0 unspecified atom stereocenters. The van der Waals surface area contributed by atoms with E-state index in [4.69, 9.17) is 0 Å². The molecule has 1 aromatic carbocycles. The normalized spacial score (nSPS) is 12.4. The molecule has 0 aromatic heterocycles. The second-order valence-electron chi connectivity index (χ2n) is 3.83. The van der Waals surface area contributed by atoms with Crippen LogP contribution in [-0.4, -0.2) is 18.6 Å². The molecule has 0 aliphatic heterocycles. The Labute approximate surface area is 104 Å². The first-order chi connectivity index (χ1) is 8.50. The minimum absolute atomic E-state index is 0.111. The average molecular weight is 285 g/mol. The van der Waals surface area contributed by atoms with Crippen LogP contribution in [-0.2, 0) is 6.18 Å². The Morgan fingerprint density at radius 2 is 1.74 bits per heavy atom. The Balaban J connectivity index is 2.94. The van der Waals surface area contributed by atoms with Crippen LogP contribution >= 0.6 is 0 Å². The van der Waals surface area contributed by atoms with Crippen molar-refractivity contribution < 1.29 is 31.1 Å². The fraction of sp³-hybridized carbons (Fsp3) is 0.364. The van der Waals surface area contributed by atoms with Crippen LogP contribution in [0.25, 0.3) is 0 Å². The zero-order chi connectivity index (χ0) is 14.8. The monoisotopic (exact) mass is 285 g/mol. The van der Waals surface area contributed by atoms with Crippen molar-refractivity contribution in [3.8, 4) is 0 Å². The van der Waals surface area contributed by atoms with Crippen molar-refractivity contribution in [3.63, 3.8) is 0 Å². The molecular formula is C11H9F6NO. The molecule has 106 valence electrons. The minimum atomic E-state index is -4.66. The highest BCUT2D eigenvalue weighted by atomic mass is 19.4. The van der Waals surface area contributed by atoms with Crippen LogP contribution in [0.4, 0.5) is 26.3 Å². The molecule has 0 aliphatic carbocycles. The van der Waals surface area contributed by atoms with E-state index in [2.05, 4.69) is 0 Å². The molecule has 0 radical (unpaired) electrons. The van der Waals surface area contributed by atoms with Crippen LogP contribution in [0.1, 0.15) is 21.5 Å². The predicted octanol–water partition coefficient (Wildman–Crippen LogP) is 3.31. The van der Waals surface area contributed by atoms with Gasteiger partial charge in [0.25, 0.3) is 5.91 Å². The molecule has 0 aliphatic rings. The number of nitrogens with one attached hydrogen (secondary N) is 1. The summed E-state index contributed by atoms with van der Waals surface area (Å²) in [6.07, 6.45) is -9.28. The molecular weight excluding hydrogens is 276 g/mol. The summed E-state index contributed by atoms with van der Waals surface area (Å²) in [5.41, 5.74) is -1.63. The molecule has 0 bridgehead atoms. The zero-order valence-electron chi connectivity index (χ0n) is 9.62. The van der Waals surface area contributed by atoms with Gasteiger partial charge in [-0.2, -0.15) is 26.3 Å². The Morgan fingerprint density at radius 3 is 2.21 bits per heavy atom. The van der Waals surface area contributed by atoms with Gasteiger partial charge in [-0.05, 0) is 24.6 Å². The molecule has 0 fully saturated rings. The molecule has 1 aromatic rings. The summed E-state index contributed by atoms with van der Waals surface area (Å²) in [6.45, 7) is -0.402. The lowest BCUT2D eigenvalue weighted by molar-refractivity contribution is -0.138. The largest absolute Gasteiger partial charge is 0.416 e. The fourth-order valence-electron chi connectivity index (χ4n) is 1.35. The summed E-state index contributed by atoms with van der Waals surface area (Å²) in [5.74, 6) is -1.21. The number of hydrogen-bond acceptors (Lipinski definition) is 1. The van der Waals surface area contributed by atoms with Gasteiger partial charge in [0.05, 0.1) is 5.56 Å². The first kappa shape index (κ1) is 15.3. The summed E-state index contributed by atoms with van der Waals surface area (Å²) in [7, 11) is 0. The highest BCUT2D eigenvalue weighted by molar-refractivity contribution is 5.94.